The van der Waals surface area contributed by atoms with Crippen LogP contribution in [0.2, 0.25) is 0 Å². The van der Waals surface area contributed by atoms with Crippen molar-refractivity contribution in [3.63, 3.8) is 0 Å². The van der Waals surface area contributed by atoms with Gasteiger partial charge in [0.1, 0.15) is 13.2 Å². The summed E-state index contributed by atoms with van der Waals surface area (Å²) < 4.78 is 16.8. The van der Waals surface area contributed by atoms with E-state index in [9.17, 15) is 14.4 Å². The molecular weight excluding hydrogens is 829 g/mol. The zero-order valence-corrected chi connectivity index (χ0v) is 43.6. The number of rotatable bonds is 49. The predicted octanol–water partition coefficient (Wildman–Crippen LogP) is 18.5. The van der Waals surface area contributed by atoms with Crippen molar-refractivity contribution in [2.24, 2.45) is 0 Å². The van der Waals surface area contributed by atoms with E-state index in [0.717, 1.165) is 128 Å². The largest absolute Gasteiger partial charge is 0.462 e. The highest BCUT2D eigenvalue weighted by atomic mass is 16.6. The molecule has 0 aromatic carbocycles. The van der Waals surface area contributed by atoms with E-state index < -0.39 is 6.10 Å². The minimum Gasteiger partial charge on any atom is -0.462 e. The smallest absolute Gasteiger partial charge is 0.306 e. The van der Waals surface area contributed by atoms with Crippen molar-refractivity contribution in [2.45, 2.75) is 258 Å². The second kappa shape index (κ2) is 54.9. The summed E-state index contributed by atoms with van der Waals surface area (Å²) in [6.07, 6.45) is 72.5. The van der Waals surface area contributed by atoms with Crippen LogP contribution in [0, 0.1) is 0 Å². The molecular formula is C61H102O6. The molecule has 382 valence electrons. The molecule has 0 aliphatic rings. The van der Waals surface area contributed by atoms with Crippen molar-refractivity contribution >= 4 is 17.9 Å². The van der Waals surface area contributed by atoms with Crippen LogP contribution >= 0.6 is 0 Å². The Balaban J connectivity index is 4.39. The molecule has 0 saturated heterocycles. The van der Waals surface area contributed by atoms with Crippen LogP contribution in [0.3, 0.4) is 0 Å². The van der Waals surface area contributed by atoms with Crippen molar-refractivity contribution in [3.8, 4) is 0 Å². The van der Waals surface area contributed by atoms with Gasteiger partial charge in [0.15, 0.2) is 6.10 Å². The second-order valence-electron chi connectivity index (χ2n) is 18.1. The summed E-state index contributed by atoms with van der Waals surface area (Å²) in [7, 11) is 0. The fourth-order valence-electron chi connectivity index (χ4n) is 7.48. The van der Waals surface area contributed by atoms with E-state index in [-0.39, 0.29) is 31.1 Å². The first kappa shape index (κ1) is 63.3. The highest BCUT2D eigenvalue weighted by molar-refractivity contribution is 5.71. The van der Waals surface area contributed by atoms with Gasteiger partial charge in [0, 0.05) is 19.3 Å². The lowest BCUT2D eigenvalue weighted by Crippen LogP contribution is -2.30. The van der Waals surface area contributed by atoms with Crippen molar-refractivity contribution in [2.75, 3.05) is 13.2 Å². The first-order valence-corrected chi connectivity index (χ1v) is 27.7. The Bertz CT molecular complexity index is 1350. The highest BCUT2D eigenvalue weighted by Crippen LogP contribution is 2.15. The summed E-state index contributed by atoms with van der Waals surface area (Å²) in [5, 5.41) is 0. The topological polar surface area (TPSA) is 78.9 Å². The van der Waals surface area contributed by atoms with E-state index in [1.165, 1.54) is 83.5 Å². The lowest BCUT2D eigenvalue weighted by Gasteiger charge is -2.18. The van der Waals surface area contributed by atoms with Crippen molar-refractivity contribution < 1.29 is 28.6 Å². The Kier molecular flexibility index (Phi) is 51.9. The molecule has 0 aliphatic carbocycles. The number of allylic oxidation sites excluding steroid dienone is 16. The van der Waals surface area contributed by atoms with Gasteiger partial charge >= 0.3 is 17.9 Å². The summed E-state index contributed by atoms with van der Waals surface area (Å²) in [4.78, 5) is 38.1. The van der Waals surface area contributed by atoms with Gasteiger partial charge in [-0.15, -0.1) is 0 Å². The van der Waals surface area contributed by atoms with E-state index in [4.69, 9.17) is 14.2 Å². The van der Waals surface area contributed by atoms with Gasteiger partial charge in [0.2, 0.25) is 0 Å². The van der Waals surface area contributed by atoms with Crippen molar-refractivity contribution in [3.05, 3.63) is 97.2 Å². The quantitative estimate of drug-likeness (QED) is 0.0262. The van der Waals surface area contributed by atoms with Gasteiger partial charge in [-0.2, -0.15) is 0 Å². The van der Waals surface area contributed by atoms with E-state index >= 15 is 0 Å². The Hall–Kier alpha value is -3.67. The minimum atomic E-state index is -0.793. The van der Waals surface area contributed by atoms with Crippen LogP contribution in [0.25, 0.3) is 0 Å². The molecule has 0 bridgehead atoms. The zero-order chi connectivity index (χ0) is 48.6. The van der Waals surface area contributed by atoms with Crippen LogP contribution in [0.4, 0.5) is 0 Å². The van der Waals surface area contributed by atoms with E-state index in [1.54, 1.807) is 0 Å². The van der Waals surface area contributed by atoms with Gasteiger partial charge in [-0.1, -0.05) is 234 Å². The van der Waals surface area contributed by atoms with E-state index in [1.807, 2.05) is 0 Å². The van der Waals surface area contributed by atoms with Gasteiger partial charge < -0.3 is 14.2 Å². The lowest BCUT2D eigenvalue weighted by molar-refractivity contribution is -0.167. The summed E-state index contributed by atoms with van der Waals surface area (Å²) in [5.74, 6) is -0.920. The Labute approximate surface area is 413 Å². The molecule has 1 atom stereocenters. The van der Waals surface area contributed by atoms with Crippen molar-refractivity contribution in [1.82, 2.24) is 0 Å². The van der Waals surface area contributed by atoms with Crippen LogP contribution in [-0.2, 0) is 28.6 Å². The fraction of sp³-hybridized carbons (Fsp3) is 0.689. The third kappa shape index (κ3) is 53.2. The van der Waals surface area contributed by atoms with Gasteiger partial charge in [-0.05, 0) is 96.3 Å². The van der Waals surface area contributed by atoms with Crippen LogP contribution in [0.1, 0.15) is 252 Å². The second-order valence-corrected chi connectivity index (χ2v) is 18.1. The number of esters is 3. The van der Waals surface area contributed by atoms with Gasteiger partial charge in [0.05, 0.1) is 0 Å². The van der Waals surface area contributed by atoms with Crippen molar-refractivity contribution in [1.29, 1.82) is 0 Å². The average molecular weight is 931 g/mol. The first-order valence-electron chi connectivity index (χ1n) is 27.7. The number of ether oxygens (including phenoxy) is 3. The summed E-state index contributed by atoms with van der Waals surface area (Å²) in [6.45, 7) is 6.38. The molecule has 0 heterocycles. The minimum absolute atomic E-state index is 0.0891. The molecule has 6 nitrogen and oxygen atoms in total. The fourth-order valence-corrected chi connectivity index (χ4v) is 7.48. The molecule has 0 N–H and O–H groups in total. The van der Waals surface area contributed by atoms with Gasteiger partial charge in [-0.25, -0.2) is 0 Å². The summed E-state index contributed by atoms with van der Waals surface area (Å²) >= 11 is 0. The molecule has 0 aliphatic heterocycles. The SMILES string of the molecule is CC/C=C\C/C=C\C/C=C\C/C=C\CCCCCCCCCCC(=O)OCC(COC(=O)CCCCCCCCCCCCC)OC(=O)CCCCCC/C=C\C/C=C\C/C=C\C/C=C\CC. The van der Waals surface area contributed by atoms with E-state index in [2.05, 4.69) is 118 Å². The molecule has 0 aromatic rings. The molecule has 0 radical (unpaired) electrons. The standard InChI is InChI=1S/C61H102O6/c1-4-7-10-13-16-19-22-24-26-28-29-30-31-33-34-36-39-42-45-48-51-54-60(63)66-57-58(56-65-59(62)53-50-47-44-41-38-21-18-15-12-9-6-3)67-61(64)55-52-49-46-43-40-37-35-32-27-25-23-20-17-14-11-8-5-2/h7-8,10-11,16-17,19-20,24-27,29-30,35,37,58H,4-6,9,12-15,18,21-23,28,31-34,36,38-57H2,1-3H3/b10-7-,11-8-,19-16-,20-17-,26-24-,27-25-,30-29-,37-35-. The van der Waals surface area contributed by atoms with Gasteiger partial charge in [0.25, 0.3) is 0 Å². The Morgan fingerprint density at radius 3 is 0.910 bits per heavy atom. The molecule has 0 aromatic heterocycles. The number of hydrogen-bond donors (Lipinski definition) is 0. The molecule has 6 heteroatoms. The molecule has 1 unspecified atom stereocenters. The zero-order valence-electron chi connectivity index (χ0n) is 43.6. The molecule has 67 heavy (non-hydrogen) atoms. The van der Waals surface area contributed by atoms with Crippen LogP contribution < -0.4 is 0 Å². The maximum absolute atomic E-state index is 12.8. The number of carbonyl (C=O) groups is 3. The maximum Gasteiger partial charge on any atom is 0.306 e. The molecule has 0 saturated carbocycles. The Morgan fingerprint density at radius 2 is 0.582 bits per heavy atom. The Morgan fingerprint density at radius 1 is 0.313 bits per heavy atom. The highest BCUT2D eigenvalue weighted by Gasteiger charge is 2.19. The van der Waals surface area contributed by atoms with Gasteiger partial charge in [-0.3, -0.25) is 14.4 Å². The van der Waals surface area contributed by atoms with E-state index in [0.29, 0.717) is 19.3 Å². The number of unbranched alkanes of at least 4 members (excludes halogenated alkanes) is 22. The monoisotopic (exact) mass is 931 g/mol. The lowest BCUT2D eigenvalue weighted by atomic mass is 10.1. The average Bonchev–Trinajstić information content (AvgIpc) is 3.33. The first-order chi connectivity index (χ1) is 33.0. The maximum atomic E-state index is 12.8. The molecule has 0 fully saturated rings. The molecule has 0 spiro atoms. The third-order valence-electron chi connectivity index (χ3n) is 11.6. The number of carbonyl (C=O) groups excluding carboxylic acids is 3. The molecule has 0 amide bonds. The number of hydrogen-bond acceptors (Lipinski definition) is 6. The molecule has 0 rings (SSSR count). The predicted molar refractivity (Wildman–Crippen MR) is 288 cm³/mol. The summed E-state index contributed by atoms with van der Waals surface area (Å²) in [5.41, 5.74) is 0. The van der Waals surface area contributed by atoms with Crippen LogP contribution in [0.5, 0.6) is 0 Å². The summed E-state index contributed by atoms with van der Waals surface area (Å²) in [6, 6.07) is 0. The van der Waals surface area contributed by atoms with Crippen LogP contribution in [-0.4, -0.2) is 37.2 Å². The van der Waals surface area contributed by atoms with Crippen LogP contribution in [0.15, 0.2) is 97.2 Å². The normalized spacial score (nSPS) is 12.8. The third-order valence-corrected chi connectivity index (χ3v) is 11.6.